The summed E-state index contributed by atoms with van der Waals surface area (Å²) in [6.45, 7) is 2.97. The van der Waals surface area contributed by atoms with Crippen molar-refractivity contribution in [2.75, 3.05) is 30.3 Å². The number of Topliss-reactive ketones (excluding diaryl/α,β-unsaturated/α-hetero) is 1. The first-order chi connectivity index (χ1) is 14.1. The Balaban J connectivity index is 2.00. The Bertz CT molecular complexity index is 929. The molecular weight excluding hydrogens is 399 g/mol. The van der Waals surface area contributed by atoms with Gasteiger partial charge in [0.15, 0.2) is 5.78 Å². The lowest BCUT2D eigenvalue weighted by Gasteiger charge is -2.20. The Morgan fingerprint density at radius 3 is 1.90 bits per heavy atom. The molecule has 0 heterocycles. The van der Waals surface area contributed by atoms with E-state index in [2.05, 4.69) is 10.6 Å². The van der Waals surface area contributed by atoms with Gasteiger partial charge < -0.3 is 10.6 Å². The van der Waals surface area contributed by atoms with Gasteiger partial charge in [-0.2, -0.15) is 13.2 Å². The molecule has 2 rings (SSSR count). The van der Waals surface area contributed by atoms with Crippen LogP contribution in [0.2, 0.25) is 0 Å². The Kier molecular flexibility index (Phi) is 7.71. The maximum Gasteiger partial charge on any atom is 0.418 e. The number of alkyl halides is 3. The number of rotatable bonds is 8. The summed E-state index contributed by atoms with van der Waals surface area (Å²) in [6.07, 6.45) is -4.60. The van der Waals surface area contributed by atoms with Gasteiger partial charge in [-0.3, -0.25) is 19.3 Å². The molecule has 2 aromatic carbocycles. The zero-order valence-corrected chi connectivity index (χ0v) is 16.5. The number of halogens is 3. The van der Waals surface area contributed by atoms with Crippen LogP contribution in [0.3, 0.4) is 0 Å². The van der Waals surface area contributed by atoms with Crippen LogP contribution < -0.4 is 10.6 Å². The molecule has 0 saturated heterocycles. The van der Waals surface area contributed by atoms with Crippen molar-refractivity contribution >= 4 is 29.0 Å². The normalized spacial score (nSPS) is 11.3. The molecule has 2 N–H and O–H groups in total. The zero-order valence-electron chi connectivity index (χ0n) is 16.5. The predicted molar refractivity (Wildman–Crippen MR) is 107 cm³/mol. The number of carbonyl (C=O) groups excluding carboxylic acids is 3. The first kappa shape index (κ1) is 23.1. The van der Waals surface area contributed by atoms with Gasteiger partial charge in [-0.25, -0.2) is 0 Å². The average Bonchev–Trinajstić information content (AvgIpc) is 2.67. The van der Waals surface area contributed by atoms with E-state index >= 15 is 0 Å². The van der Waals surface area contributed by atoms with E-state index in [1.165, 1.54) is 30.0 Å². The van der Waals surface area contributed by atoms with Crippen molar-refractivity contribution in [2.24, 2.45) is 0 Å². The van der Waals surface area contributed by atoms with E-state index in [1.54, 1.807) is 31.2 Å². The van der Waals surface area contributed by atoms with Crippen molar-refractivity contribution in [1.29, 1.82) is 0 Å². The van der Waals surface area contributed by atoms with Crippen LogP contribution in [0.5, 0.6) is 0 Å². The van der Waals surface area contributed by atoms with E-state index < -0.39 is 23.6 Å². The van der Waals surface area contributed by atoms with Gasteiger partial charge in [-0.05, 0) is 37.7 Å². The number of hydrogen-bond donors (Lipinski definition) is 2. The minimum atomic E-state index is -4.60. The number of hydrogen-bond acceptors (Lipinski definition) is 4. The fourth-order valence-corrected chi connectivity index (χ4v) is 2.80. The molecule has 30 heavy (non-hydrogen) atoms. The quantitative estimate of drug-likeness (QED) is 0.636. The molecule has 0 saturated carbocycles. The molecule has 0 radical (unpaired) electrons. The van der Waals surface area contributed by atoms with Gasteiger partial charge >= 0.3 is 6.18 Å². The van der Waals surface area contributed by atoms with Crippen LogP contribution in [-0.4, -0.2) is 42.1 Å². The molecule has 0 spiro atoms. The summed E-state index contributed by atoms with van der Waals surface area (Å²) in [6, 6.07) is 11.2. The van der Waals surface area contributed by atoms with Crippen molar-refractivity contribution in [3.63, 3.8) is 0 Å². The maximum absolute atomic E-state index is 13.1. The molecular formula is C21H22F3N3O3. The predicted octanol–water partition coefficient (Wildman–Crippen LogP) is 3.81. The Morgan fingerprint density at radius 2 is 1.37 bits per heavy atom. The number of carbonyl (C=O) groups is 3. The minimum absolute atomic E-state index is 0.170. The van der Waals surface area contributed by atoms with Gasteiger partial charge in [0.05, 0.1) is 30.0 Å². The second-order valence-electron chi connectivity index (χ2n) is 6.54. The van der Waals surface area contributed by atoms with Crippen LogP contribution in [-0.2, 0) is 15.8 Å². The molecule has 0 bridgehead atoms. The average molecular weight is 421 g/mol. The van der Waals surface area contributed by atoms with Crippen molar-refractivity contribution in [3.05, 3.63) is 59.7 Å². The van der Waals surface area contributed by atoms with Crippen molar-refractivity contribution < 1.29 is 27.6 Å². The highest BCUT2D eigenvalue weighted by Crippen LogP contribution is 2.34. The number of amides is 2. The van der Waals surface area contributed by atoms with E-state index in [0.717, 1.165) is 6.07 Å². The van der Waals surface area contributed by atoms with Crippen molar-refractivity contribution in [1.82, 2.24) is 4.90 Å². The third-order valence-corrected chi connectivity index (χ3v) is 4.27. The molecule has 2 aromatic rings. The van der Waals surface area contributed by atoms with Gasteiger partial charge in [0.1, 0.15) is 0 Å². The summed E-state index contributed by atoms with van der Waals surface area (Å²) in [5.74, 6) is -1.33. The number of para-hydroxylation sites is 2. The number of benzene rings is 2. The lowest BCUT2D eigenvalue weighted by atomic mass is 10.1. The second-order valence-corrected chi connectivity index (χ2v) is 6.54. The van der Waals surface area contributed by atoms with Gasteiger partial charge in [-0.1, -0.05) is 31.2 Å². The van der Waals surface area contributed by atoms with E-state index in [-0.39, 0.29) is 24.6 Å². The van der Waals surface area contributed by atoms with Crippen LogP contribution in [0.1, 0.15) is 29.8 Å². The van der Waals surface area contributed by atoms with Crippen LogP contribution in [0.4, 0.5) is 24.5 Å². The first-order valence-corrected chi connectivity index (χ1v) is 9.20. The van der Waals surface area contributed by atoms with Crippen LogP contribution >= 0.6 is 0 Å². The lowest BCUT2D eigenvalue weighted by molar-refractivity contribution is -0.137. The van der Waals surface area contributed by atoms with Gasteiger partial charge in [0.25, 0.3) is 0 Å². The minimum Gasteiger partial charge on any atom is -0.324 e. The highest BCUT2D eigenvalue weighted by molar-refractivity contribution is 6.04. The van der Waals surface area contributed by atoms with Crippen LogP contribution in [0.15, 0.2) is 48.5 Å². The fourth-order valence-electron chi connectivity index (χ4n) is 2.80. The van der Waals surface area contributed by atoms with E-state index in [9.17, 15) is 27.6 Å². The number of likely N-dealkylation sites (N-methyl/N-ethyl adjacent to an activating group) is 1. The first-order valence-electron chi connectivity index (χ1n) is 9.20. The Morgan fingerprint density at radius 1 is 0.867 bits per heavy atom. The smallest absolute Gasteiger partial charge is 0.324 e. The topological polar surface area (TPSA) is 78.5 Å². The molecule has 6 nitrogen and oxygen atoms in total. The summed E-state index contributed by atoms with van der Waals surface area (Å²) < 4.78 is 39.2. The van der Waals surface area contributed by atoms with E-state index in [4.69, 9.17) is 0 Å². The Hall–Kier alpha value is -3.20. The number of anilines is 2. The molecule has 160 valence electrons. The zero-order chi connectivity index (χ0) is 22.3. The highest BCUT2D eigenvalue weighted by atomic mass is 19.4. The summed E-state index contributed by atoms with van der Waals surface area (Å²) in [5, 5.41) is 4.88. The summed E-state index contributed by atoms with van der Waals surface area (Å²) in [7, 11) is 0. The third-order valence-electron chi connectivity index (χ3n) is 4.27. The Labute approximate surface area is 172 Å². The monoisotopic (exact) mass is 421 g/mol. The molecule has 0 aliphatic heterocycles. The van der Waals surface area contributed by atoms with Gasteiger partial charge in [-0.15, -0.1) is 0 Å². The highest BCUT2D eigenvalue weighted by Gasteiger charge is 2.33. The molecule has 2 amide bonds. The largest absolute Gasteiger partial charge is 0.418 e. The van der Waals surface area contributed by atoms with Crippen LogP contribution in [0.25, 0.3) is 0 Å². The number of ketones is 1. The summed E-state index contributed by atoms with van der Waals surface area (Å²) in [4.78, 5) is 37.7. The third kappa shape index (κ3) is 6.41. The number of nitrogens with zero attached hydrogens (tertiary/aromatic N) is 1. The molecule has 0 unspecified atom stereocenters. The lowest BCUT2D eigenvalue weighted by Crippen LogP contribution is -2.39. The summed E-state index contributed by atoms with van der Waals surface area (Å²) in [5.41, 5.74) is -0.573. The maximum atomic E-state index is 13.1. The fraction of sp³-hybridized carbons (Fsp3) is 0.286. The second kappa shape index (κ2) is 10.0. The molecule has 0 aromatic heterocycles. The molecule has 0 aliphatic rings. The number of nitrogens with one attached hydrogen (secondary N) is 2. The van der Waals surface area contributed by atoms with Crippen LogP contribution in [0, 0.1) is 0 Å². The standard InChI is InChI=1S/C21H22F3N3O3/c1-3-27(12-19(29)25-17-10-6-4-8-15(17)14(2)28)13-20(30)26-18-11-7-5-9-16(18)21(22,23)24/h4-11H,3,12-13H2,1-2H3,(H,25,29)(H,26,30). The molecule has 0 aliphatic carbocycles. The van der Waals surface area contributed by atoms with E-state index in [0.29, 0.717) is 17.8 Å². The van der Waals surface area contributed by atoms with Crippen molar-refractivity contribution in [3.8, 4) is 0 Å². The molecule has 9 heteroatoms. The summed E-state index contributed by atoms with van der Waals surface area (Å²) >= 11 is 0. The van der Waals surface area contributed by atoms with Crippen molar-refractivity contribution in [2.45, 2.75) is 20.0 Å². The van der Waals surface area contributed by atoms with Gasteiger partial charge in [0, 0.05) is 5.56 Å². The van der Waals surface area contributed by atoms with Gasteiger partial charge in [0.2, 0.25) is 11.8 Å². The SMILES string of the molecule is CCN(CC(=O)Nc1ccccc1C(C)=O)CC(=O)Nc1ccccc1C(F)(F)F. The molecule has 0 fully saturated rings. The van der Waals surface area contributed by atoms with E-state index in [1.807, 2.05) is 0 Å². The molecule has 0 atom stereocenters.